The molecule has 1 aliphatic heterocycles. The van der Waals surface area contributed by atoms with Crippen molar-refractivity contribution >= 4 is 10.1 Å². The van der Waals surface area contributed by atoms with E-state index in [-0.39, 0.29) is 10.6 Å². The molecule has 2 fully saturated rings. The summed E-state index contributed by atoms with van der Waals surface area (Å²) in [5.74, 6) is -1.25. The van der Waals surface area contributed by atoms with E-state index in [2.05, 4.69) is 5.32 Å². The van der Waals surface area contributed by atoms with E-state index >= 15 is 0 Å². The molecule has 2 aliphatic rings. The fraction of sp³-hybridized carbons (Fsp3) is 0.400. The van der Waals surface area contributed by atoms with E-state index < -0.39 is 45.4 Å². The lowest BCUT2D eigenvalue weighted by Crippen LogP contribution is -2.70. The third kappa shape index (κ3) is 4.03. The molecule has 0 bridgehead atoms. The number of nitrogens with one attached hydrogen (secondary N) is 1. The van der Waals surface area contributed by atoms with Gasteiger partial charge in [-0.2, -0.15) is 21.6 Å². The average Bonchev–Trinajstić information content (AvgIpc) is 2.60. The highest BCUT2D eigenvalue weighted by Crippen LogP contribution is 2.51. The van der Waals surface area contributed by atoms with Gasteiger partial charge in [-0.25, -0.2) is 8.57 Å². The van der Waals surface area contributed by atoms with Crippen molar-refractivity contribution in [3.05, 3.63) is 59.4 Å². The number of alkyl halides is 3. The Balaban J connectivity index is 1.39. The molecular formula is C20H19F4NO4S. The van der Waals surface area contributed by atoms with Gasteiger partial charge < -0.3 is 4.74 Å². The number of hydrogen-bond acceptors (Lipinski definition) is 5. The zero-order chi connectivity index (χ0) is 21.7. The first-order valence-corrected chi connectivity index (χ1v) is 10.7. The van der Waals surface area contributed by atoms with Gasteiger partial charge in [0.2, 0.25) is 0 Å². The predicted octanol–water partition coefficient (Wildman–Crippen LogP) is 4.02. The van der Waals surface area contributed by atoms with Crippen LogP contribution in [0.3, 0.4) is 0 Å². The molecule has 2 aromatic rings. The molecule has 30 heavy (non-hydrogen) atoms. The first-order chi connectivity index (χ1) is 14.0. The molecule has 1 heterocycles. The molecule has 2 aromatic carbocycles. The van der Waals surface area contributed by atoms with Gasteiger partial charge in [-0.1, -0.05) is 17.7 Å². The maximum atomic E-state index is 13.5. The Bertz CT molecular complexity index is 1050. The Morgan fingerprint density at radius 3 is 2.33 bits per heavy atom. The minimum absolute atomic E-state index is 0.0449. The average molecular weight is 445 g/mol. The van der Waals surface area contributed by atoms with Gasteiger partial charge in [-0.05, 0) is 44.0 Å². The van der Waals surface area contributed by atoms with Crippen LogP contribution in [0.4, 0.5) is 17.6 Å². The second kappa shape index (κ2) is 7.21. The Hall–Kier alpha value is -2.17. The fourth-order valence-corrected chi connectivity index (χ4v) is 4.88. The quantitative estimate of drug-likeness (QED) is 0.557. The first-order valence-electron chi connectivity index (χ1n) is 9.25. The van der Waals surface area contributed by atoms with Crippen molar-refractivity contribution in [2.75, 3.05) is 6.54 Å². The van der Waals surface area contributed by atoms with Crippen LogP contribution >= 0.6 is 0 Å². The van der Waals surface area contributed by atoms with E-state index in [4.69, 9.17) is 8.92 Å². The molecule has 1 unspecified atom stereocenters. The Labute approximate surface area is 171 Å². The van der Waals surface area contributed by atoms with E-state index in [1.54, 1.807) is 12.1 Å². The van der Waals surface area contributed by atoms with Crippen LogP contribution in [0.25, 0.3) is 0 Å². The molecule has 1 atom stereocenters. The normalized spacial score (nSPS) is 26.2. The van der Waals surface area contributed by atoms with Crippen LogP contribution in [-0.2, 0) is 20.5 Å². The lowest BCUT2D eigenvalue weighted by Gasteiger charge is -2.57. The topological polar surface area (TPSA) is 64.6 Å². The number of aryl methyl sites for hydroxylation is 1. The molecule has 5 nitrogen and oxygen atoms in total. The van der Waals surface area contributed by atoms with Crippen LogP contribution in [0.2, 0.25) is 0 Å². The molecule has 10 heteroatoms. The molecule has 1 saturated carbocycles. The summed E-state index contributed by atoms with van der Waals surface area (Å²) < 4.78 is 87.8. The molecule has 0 aromatic heterocycles. The number of halogens is 4. The van der Waals surface area contributed by atoms with E-state index in [0.717, 1.165) is 17.7 Å². The maximum Gasteiger partial charge on any atom is 0.416 e. The minimum atomic E-state index is -4.68. The summed E-state index contributed by atoms with van der Waals surface area (Å²) in [5.41, 5.74) is -0.692. The molecule has 4 rings (SSSR count). The van der Waals surface area contributed by atoms with Crippen LogP contribution in [0, 0.1) is 18.2 Å². The summed E-state index contributed by atoms with van der Waals surface area (Å²) in [7, 11) is -3.97. The smallest absolute Gasteiger partial charge is 0.416 e. The van der Waals surface area contributed by atoms with Gasteiger partial charge in [0, 0.05) is 18.0 Å². The SMILES string of the molecule is Cc1ccc(S(=O)(=O)OC2NCC23CC(Oc2cc(F)cc(C(F)(F)F)c2)C3)cc1. The second-order valence-corrected chi connectivity index (χ2v) is 9.38. The van der Waals surface area contributed by atoms with E-state index in [9.17, 15) is 26.0 Å². The van der Waals surface area contributed by atoms with Gasteiger partial charge in [0.25, 0.3) is 10.1 Å². The van der Waals surface area contributed by atoms with Crippen molar-refractivity contribution in [1.82, 2.24) is 5.32 Å². The van der Waals surface area contributed by atoms with Gasteiger partial charge in [0.1, 0.15) is 23.9 Å². The van der Waals surface area contributed by atoms with Crippen molar-refractivity contribution in [2.45, 2.75) is 43.2 Å². The maximum absolute atomic E-state index is 13.5. The Morgan fingerprint density at radius 1 is 1.10 bits per heavy atom. The molecule has 0 amide bonds. The summed E-state index contributed by atoms with van der Waals surface area (Å²) in [6, 6.07) is 8.32. The number of ether oxygens (including phenoxy) is 1. The van der Waals surface area contributed by atoms with Gasteiger partial charge in [-0.3, -0.25) is 5.32 Å². The standard InChI is InChI=1S/C20H19F4NO4S/c1-12-2-4-17(5-3-12)30(26,27)29-18-19(11-25-18)9-16(10-19)28-15-7-13(20(22,23)24)6-14(21)8-15/h2-8,16,18,25H,9-11H2,1H3. The monoisotopic (exact) mass is 445 g/mol. The predicted molar refractivity (Wildman–Crippen MR) is 98.7 cm³/mol. The molecule has 1 aliphatic carbocycles. The summed E-state index contributed by atoms with van der Waals surface area (Å²) in [6.07, 6.45) is -5.12. The fourth-order valence-electron chi connectivity index (χ4n) is 3.77. The number of rotatable bonds is 5. The second-order valence-electron chi connectivity index (χ2n) is 7.81. The van der Waals surface area contributed by atoms with Gasteiger partial charge in [0.15, 0.2) is 0 Å². The molecule has 1 saturated heterocycles. The van der Waals surface area contributed by atoms with Crippen molar-refractivity contribution in [1.29, 1.82) is 0 Å². The number of benzene rings is 2. The van der Waals surface area contributed by atoms with E-state index in [1.165, 1.54) is 12.1 Å². The summed E-state index contributed by atoms with van der Waals surface area (Å²) in [4.78, 5) is 0.0449. The van der Waals surface area contributed by atoms with E-state index in [0.29, 0.717) is 25.5 Å². The number of hydrogen-bond donors (Lipinski definition) is 1. The largest absolute Gasteiger partial charge is 0.490 e. The zero-order valence-corrected chi connectivity index (χ0v) is 16.7. The lowest BCUT2D eigenvalue weighted by atomic mass is 9.61. The Morgan fingerprint density at radius 2 is 1.77 bits per heavy atom. The van der Waals surface area contributed by atoms with Crippen LogP contribution in [0.15, 0.2) is 47.4 Å². The van der Waals surface area contributed by atoms with Crippen LogP contribution in [0.5, 0.6) is 5.75 Å². The third-order valence-corrected chi connectivity index (χ3v) is 6.79. The summed E-state index contributed by atoms with van der Waals surface area (Å²) >= 11 is 0. The molecule has 1 spiro atoms. The van der Waals surface area contributed by atoms with Gasteiger partial charge >= 0.3 is 6.18 Å². The summed E-state index contributed by atoms with van der Waals surface area (Å²) in [5, 5.41) is 2.93. The zero-order valence-electron chi connectivity index (χ0n) is 15.9. The van der Waals surface area contributed by atoms with Crippen molar-refractivity contribution in [3.63, 3.8) is 0 Å². The third-order valence-electron chi connectivity index (χ3n) is 5.50. The highest BCUT2D eigenvalue weighted by atomic mass is 32.2. The minimum Gasteiger partial charge on any atom is -0.490 e. The van der Waals surface area contributed by atoms with Crippen LogP contribution in [0.1, 0.15) is 24.0 Å². The summed E-state index contributed by atoms with van der Waals surface area (Å²) in [6.45, 7) is 2.34. The first kappa shape index (κ1) is 21.1. The Kier molecular flexibility index (Phi) is 5.06. The highest BCUT2D eigenvalue weighted by Gasteiger charge is 2.58. The molecule has 1 N–H and O–H groups in total. The van der Waals surface area contributed by atoms with Crippen LogP contribution in [-0.4, -0.2) is 27.3 Å². The molecule has 0 radical (unpaired) electrons. The van der Waals surface area contributed by atoms with Gasteiger partial charge in [-0.15, -0.1) is 0 Å². The van der Waals surface area contributed by atoms with E-state index in [1.807, 2.05) is 6.92 Å². The van der Waals surface area contributed by atoms with Crippen molar-refractivity contribution < 1.29 is 34.9 Å². The van der Waals surface area contributed by atoms with Gasteiger partial charge in [0.05, 0.1) is 10.5 Å². The lowest BCUT2D eigenvalue weighted by molar-refractivity contribution is -0.152. The van der Waals surface area contributed by atoms with Crippen molar-refractivity contribution in [2.24, 2.45) is 5.41 Å². The van der Waals surface area contributed by atoms with Crippen LogP contribution < -0.4 is 10.1 Å². The molecular weight excluding hydrogens is 426 g/mol. The molecule has 162 valence electrons. The van der Waals surface area contributed by atoms with Crippen molar-refractivity contribution in [3.8, 4) is 5.75 Å². The highest BCUT2D eigenvalue weighted by molar-refractivity contribution is 7.86.